The van der Waals surface area contributed by atoms with Gasteiger partial charge in [-0.05, 0) is 62.8 Å². The zero-order valence-electron chi connectivity index (χ0n) is 13.7. The van der Waals surface area contributed by atoms with Gasteiger partial charge in [-0.3, -0.25) is 4.79 Å². The van der Waals surface area contributed by atoms with E-state index >= 15 is 0 Å². The summed E-state index contributed by atoms with van der Waals surface area (Å²) in [6.45, 7) is 6.66. The Bertz CT molecular complexity index is 553. The Morgan fingerprint density at radius 3 is 2.68 bits per heavy atom. The molecule has 0 spiro atoms. The van der Waals surface area contributed by atoms with Crippen LogP contribution in [0.5, 0.6) is 0 Å². The van der Waals surface area contributed by atoms with Gasteiger partial charge in [0.15, 0.2) is 6.61 Å². The van der Waals surface area contributed by atoms with Crippen LogP contribution in [0.2, 0.25) is 0 Å². The van der Waals surface area contributed by atoms with Crippen LogP contribution in [0.25, 0.3) is 0 Å². The third-order valence-corrected chi connectivity index (χ3v) is 4.49. The lowest BCUT2D eigenvalue weighted by molar-refractivity contribution is -0.138. The number of amides is 1. The van der Waals surface area contributed by atoms with E-state index in [1.807, 2.05) is 24.8 Å². The number of ether oxygens (including phenoxy) is 1. The van der Waals surface area contributed by atoms with Crippen LogP contribution in [0.1, 0.15) is 54.1 Å². The quantitative estimate of drug-likeness (QED) is 0.802. The molecule has 1 aromatic rings. The van der Waals surface area contributed by atoms with Crippen molar-refractivity contribution in [2.75, 3.05) is 13.2 Å². The molecule has 4 heteroatoms. The highest BCUT2D eigenvalue weighted by Crippen LogP contribution is 2.19. The van der Waals surface area contributed by atoms with Crippen molar-refractivity contribution in [1.82, 2.24) is 4.90 Å². The summed E-state index contributed by atoms with van der Waals surface area (Å²) in [7, 11) is 0. The van der Waals surface area contributed by atoms with Crippen LogP contribution in [0.4, 0.5) is 0 Å². The van der Waals surface area contributed by atoms with Crippen molar-refractivity contribution < 1.29 is 14.3 Å². The van der Waals surface area contributed by atoms with Gasteiger partial charge in [0.1, 0.15) is 0 Å². The second-order valence-electron chi connectivity index (χ2n) is 6.02. The first-order valence-electron chi connectivity index (χ1n) is 8.06. The molecule has 1 aliphatic heterocycles. The highest BCUT2D eigenvalue weighted by Gasteiger charge is 2.26. The van der Waals surface area contributed by atoms with Crippen LogP contribution >= 0.6 is 0 Å². The van der Waals surface area contributed by atoms with Crippen molar-refractivity contribution in [3.63, 3.8) is 0 Å². The summed E-state index contributed by atoms with van der Waals surface area (Å²) in [4.78, 5) is 26.2. The van der Waals surface area contributed by atoms with Gasteiger partial charge >= 0.3 is 5.97 Å². The van der Waals surface area contributed by atoms with Crippen LogP contribution in [-0.2, 0) is 9.53 Å². The molecule has 0 N–H and O–H groups in total. The first kappa shape index (κ1) is 16.5. The zero-order chi connectivity index (χ0) is 16.1. The number of rotatable bonds is 4. The van der Waals surface area contributed by atoms with Gasteiger partial charge in [0.2, 0.25) is 0 Å². The maximum absolute atomic E-state index is 12.3. The number of likely N-dealkylation sites (tertiary alicyclic amines) is 1. The molecule has 22 heavy (non-hydrogen) atoms. The van der Waals surface area contributed by atoms with Crippen molar-refractivity contribution in [2.45, 2.75) is 52.5 Å². The van der Waals surface area contributed by atoms with Crippen LogP contribution in [0.15, 0.2) is 18.2 Å². The SMILES string of the molecule is CCC1CCCCN1C(=O)COC(=O)c1ccc(C)c(C)c1. The summed E-state index contributed by atoms with van der Waals surface area (Å²) in [6.07, 6.45) is 4.21. The fourth-order valence-corrected chi connectivity index (χ4v) is 2.92. The van der Waals surface area contributed by atoms with Gasteiger partial charge in [0, 0.05) is 12.6 Å². The minimum Gasteiger partial charge on any atom is -0.452 e. The summed E-state index contributed by atoms with van der Waals surface area (Å²) in [5.41, 5.74) is 2.68. The minimum absolute atomic E-state index is 0.0799. The van der Waals surface area contributed by atoms with Gasteiger partial charge in [0.05, 0.1) is 5.56 Å². The standard InChI is InChI=1S/C18H25NO3/c1-4-16-7-5-6-10-19(16)17(20)12-22-18(21)15-9-8-13(2)14(3)11-15/h8-9,11,16H,4-7,10,12H2,1-3H3. The smallest absolute Gasteiger partial charge is 0.338 e. The summed E-state index contributed by atoms with van der Waals surface area (Å²) in [5, 5.41) is 0. The lowest BCUT2D eigenvalue weighted by atomic mass is 10.00. The van der Waals surface area contributed by atoms with Crippen molar-refractivity contribution in [1.29, 1.82) is 0 Å². The Morgan fingerprint density at radius 2 is 2.00 bits per heavy atom. The molecule has 120 valence electrons. The number of aryl methyl sites for hydroxylation is 2. The number of piperidine rings is 1. The van der Waals surface area contributed by atoms with E-state index < -0.39 is 5.97 Å². The molecule has 4 nitrogen and oxygen atoms in total. The summed E-state index contributed by atoms with van der Waals surface area (Å²) in [5.74, 6) is -0.509. The fourth-order valence-electron chi connectivity index (χ4n) is 2.92. The fraction of sp³-hybridized carbons (Fsp3) is 0.556. The molecular weight excluding hydrogens is 278 g/mol. The molecule has 0 bridgehead atoms. The van der Waals surface area contributed by atoms with Crippen LogP contribution in [0.3, 0.4) is 0 Å². The molecule has 0 aliphatic carbocycles. The Morgan fingerprint density at radius 1 is 1.23 bits per heavy atom. The van der Waals surface area contributed by atoms with Gasteiger partial charge in [0.25, 0.3) is 5.91 Å². The maximum atomic E-state index is 12.3. The largest absolute Gasteiger partial charge is 0.452 e. The molecule has 1 fully saturated rings. The number of esters is 1. The van der Waals surface area contributed by atoms with Crippen molar-refractivity contribution in [3.8, 4) is 0 Å². The van der Waals surface area contributed by atoms with E-state index in [2.05, 4.69) is 6.92 Å². The van der Waals surface area contributed by atoms with E-state index in [0.717, 1.165) is 36.9 Å². The molecule has 0 radical (unpaired) electrons. The van der Waals surface area contributed by atoms with E-state index in [9.17, 15) is 9.59 Å². The predicted octanol–water partition coefficient (Wildman–Crippen LogP) is 3.25. The summed E-state index contributed by atoms with van der Waals surface area (Å²) in [6, 6.07) is 5.73. The van der Waals surface area contributed by atoms with Gasteiger partial charge in [-0.1, -0.05) is 13.0 Å². The number of hydrogen-bond donors (Lipinski definition) is 0. The third-order valence-electron chi connectivity index (χ3n) is 4.49. The maximum Gasteiger partial charge on any atom is 0.338 e. The Kier molecular flexibility index (Phi) is 5.58. The number of carbonyl (C=O) groups excluding carboxylic acids is 2. The van der Waals surface area contributed by atoms with Crippen molar-refractivity contribution >= 4 is 11.9 Å². The van der Waals surface area contributed by atoms with Crippen molar-refractivity contribution in [2.24, 2.45) is 0 Å². The highest BCUT2D eigenvalue weighted by molar-refractivity contribution is 5.91. The molecule has 1 aromatic carbocycles. The molecule has 0 saturated carbocycles. The topological polar surface area (TPSA) is 46.6 Å². The lowest BCUT2D eigenvalue weighted by Gasteiger charge is -2.35. The van der Waals surface area contributed by atoms with Gasteiger partial charge < -0.3 is 9.64 Å². The average molecular weight is 303 g/mol. The second-order valence-corrected chi connectivity index (χ2v) is 6.02. The summed E-state index contributed by atoms with van der Waals surface area (Å²) >= 11 is 0. The Balaban J connectivity index is 1.92. The van der Waals surface area contributed by atoms with Crippen molar-refractivity contribution in [3.05, 3.63) is 34.9 Å². The van der Waals surface area contributed by atoms with Gasteiger partial charge in [-0.2, -0.15) is 0 Å². The van der Waals surface area contributed by atoms with E-state index in [1.165, 1.54) is 6.42 Å². The minimum atomic E-state index is -0.429. The number of carbonyl (C=O) groups is 2. The number of benzene rings is 1. The lowest BCUT2D eigenvalue weighted by Crippen LogP contribution is -2.45. The zero-order valence-corrected chi connectivity index (χ0v) is 13.7. The molecule has 1 atom stereocenters. The summed E-state index contributed by atoms with van der Waals surface area (Å²) < 4.78 is 5.20. The molecule has 1 saturated heterocycles. The molecule has 1 unspecified atom stereocenters. The van der Waals surface area contributed by atoms with E-state index in [-0.39, 0.29) is 12.5 Å². The Hall–Kier alpha value is -1.84. The number of nitrogens with zero attached hydrogens (tertiary/aromatic N) is 1. The third kappa shape index (κ3) is 3.87. The van der Waals surface area contributed by atoms with Crippen LogP contribution in [-0.4, -0.2) is 36.0 Å². The first-order valence-corrected chi connectivity index (χ1v) is 8.06. The highest BCUT2D eigenvalue weighted by atomic mass is 16.5. The first-order chi connectivity index (χ1) is 10.5. The predicted molar refractivity (Wildman–Crippen MR) is 85.8 cm³/mol. The van der Waals surface area contributed by atoms with Gasteiger partial charge in [-0.25, -0.2) is 4.79 Å². The molecule has 1 amide bonds. The number of hydrogen-bond acceptors (Lipinski definition) is 3. The molecule has 1 heterocycles. The molecule has 1 aliphatic rings. The van der Waals surface area contributed by atoms with E-state index in [1.54, 1.807) is 12.1 Å². The monoisotopic (exact) mass is 303 g/mol. The average Bonchev–Trinajstić information content (AvgIpc) is 2.54. The molecule has 2 rings (SSSR count). The Labute approximate surface area is 132 Å². The van der Waals surface area contributed by atoms with Crippen LogP contribution in [0, 0.1) is 13.8 Å². The van der Waals surface area contributed by atoms with Crippen LogP contribution < -0.4 is 0 Å². The van der Waals surface area contributed by atoms with E-state index in [4.69, 9.17) is 4.74 Å². The van der Waals surface area contributed by atoms with E-state index in [0.29, 0.717) is 11.6 Å². The second kappa shape index (κ2) is 7.43. The normalized spacial score (nSPS) is 18.1. The molecular formula is C18H25NO3. The molecule has 0 aromatic heterocycles. The van der Waals surface area contributed by atoms with Gasteiger partial charge in [-0.15, -0.1) is 0 Å².